The Morgan fingerprint density at radius 1 is 1.44 bits per heavy atom. The van der Waals surface area contributed by atoms with E-state index in [2.05, 4.69) is 50.1 Å². The third kappa shape index (κ3) is 6.32. The Bertz CT molecular complexity index is 352. The molecule has 5 heteroatoms. The number of nitrogens with zero attached hydrogens (tertiary/aromatic N) is 1. The standard InChI is InChI=1S/C11H19N3S.HI/c1-8-5-6-9(15-8)7-13-10(12)14-11(2,3)4;/h5-6H,7H2,1-4H3,(H3,12,13,14);1H. The van der Waals surface area contributed by atoms with Crippen LogP contribution in [0.25, 0.3) is 0 Å². The number of thiophene rings is 1. The number of aliphatic imine (C=N–C) groups is 1. The Morgan fingerprint density at radius 2 is 2.06 bits per heavy atom. The zero-order valence-electron chi connectivity index (χ0n) is 10.2. The van der Waals surface area contributed by atoms with Gasteiger partial charge >= 0.3 is 0 Å². The number of nitrogens with one attached hydrogen (secondary N) is 1. The highest BCUT2D eigenvalue weighted by Gasteiger charge is 2.09. The first-order valence-corrected chi connectivity index (χ1v) is 5.82. The van der Waals surface area contributed by atoms with E-state index in [0.29, 0.717) is 12.5 Å². The molecule has 0 atom stereocenters. The predicted octanol–water partition coefficient (Wildman–Crippen LogP) is 2.88. The van der Waals surface area contributed by atoms with E-state index in [9.17, 15) is 0 Å². The largest absolute Gasteiger partial charge is 0.370 e. The van der Waals surface area contributed by atoms with E-state index in [1.165, 1.54) is 9.75 Å². The molecule has 0 aromatic carbocycles. The van der Waals surface area contributed by atoms with Gasteiger partial charge in [-0.05, 0) is 39.8 Å². The fraction of sp³-hybridized carbons (Fsp3) is 0.545. The zero-order chi connectivity index (χ0) is 11.5. The van der Waals surface area contributed by atoms with Crippen LogP contribution in [0, 0.1) is 6.92 Å². The van der Waals surface area contributed by atoms with Gasteiger partial charge in [0.25, 0.3) is 0 Å². The quantitative estimate of drug-likeness (QED) is 0.488. The topological polar surface area (TPSA) is 50.4 Å². The maximum Gasteiger partial charge on any atom is 0.189 e. The van der Waals surface area contributed by atoms with Crippen LogP contribution in [0.1, 0.15) is 30.5 Å². The van der Waals surface area contributed by atoms with Crippen molar-refractivity contribution < 1.29 is 0 Å². The molecule has 1 aromatic rings. The van der Waals surface area contributed by atoms with Gasteiger partial charge in [-0.25, -0.2) is 4.99 Å². The van der Waals surface area contributed by atoms with Crippen molar-refractivity contribution in [1.29, 1.82) is 0 Å². The van der Waals surface area contributed by atoms with Gasteiger partial charge in [-0.2, -0.15) is 0 Å². The molecule has 0 aliphatic rings. The summed E-state index contributed by atoms with van der Waals surface area (Å²) in [5.74, 6) is 0.508. The Morgan fingerprint density at radius 3 is 2.50 bits per heavy atom. The Kier molecular flexibility index (Phi) is 6.32. The Labute approximate surface area is 119 Å². The maximum atomic E-state index is 5.76. The molecule has 0 saturated heterocycles. The van der Waals surface area contributed by atoms with Crippen LogP contribution in [-0.2, 0) is 6.54 Å². The predicted molar refractivity (Wildman–Crippen MR) is 82.7 cm³/mol. The smallest absolute Gasteiger partial charge is 0.189 e. The molecule has 0 radical (unpaired) electrons. The Balaban J connectivity index is 0.00000225. The minimum atomic E-state index is -0.0288. The van der Waals surface area contributed by atoms with E-state index in [1.54, 1.807) is 11.3 Å². The van der Waals surface area contributed by atoms with Crippen LogP contribution in [0.3, 0.4) is 0 Å². The van der Waals surface area contributed by atoms with Crippen LogP contribution in [0.5, 0.6) is 0 Å². The molecule has 0 saturated carbocycles. The number of rotatable bonds is 2. The molecule has 0 fully saturated rings. The van der Waals surface area contributed by atoms with E-state index >= 15 is 0 Å². The summed E-state index contributed by atoms with van der Waals surface area (Å²) in [4.78, 5) is 6.84. The van der Waals surface area contributed by atoms with Crippen molar-refractivity contribution in [2.24, 2.45) is 10.7 Å². The molecule has 1 rings (SSSR count). The fourth-order valence-corrected chi connectivity index (χ4v) is 1.97. The summed E-state index contributed by atoms with van der Waals surface area (Å²) in [5, 5.41) is 3.13. The first-order valence-electron chi connectivity index (χ1n) is 5.00. The van der Waals surface area contributed by atoms with Gasteiger partial charge in [0.05, 0.1) is 6.54 Å². The molecular formula is C11H20IN3S. The number of nitrogens with two attached hydrogens (primary N) is 1. The third-order valence-electron chi connectivity index (χ3n) is 1.70. The second kappa shape index (κ2) is 6.44. The van der Waals surface area contributed by atoms with Crippen molar-refractivity contribution in [3.63, 3.8) is 0 Å². The minimum Gasteiger partial charge on any atom is -0.370 e. The molecule has 92 valence electrons. The highest BCUT2D eigenvalue weighted by molar-refractivity contribution is 14.0. The summed E-state index contributed by atoms with van der Waals surface area (Å²) >= 11 is 1.76. The summed E-state index contributed by atoms with van der Waals surface area (Å²) in [7, 11) is 0. The highest BCUT2D eigenvalue weighted by atomic mass is 127. The van der Waals surface area contributed by atoms with Crippen LogP contribution in [0.4, 0.5) is 0 Å². The first-order chi connectivity index (χ1) is 6.87. The molecule has 3 nitrogen and oxygen atoms in total. The summed E-state index contributed by atoms with van der Waals surface area (Å²) in [6.45, 7) is 8.93. The molecule has 0 aliphatic carbocycles. The van der Waals surface area contributed by atoms with Crippen LogP contribution in [-0.4, -0.2) is 11.5 Å². The van der Waals surface area contributed by atoms with E-state index in [-0.39, 0.29) is 29.5 Å². The van der Waals surface area contributed by atoms with E-state index in [4.69, 9.17) is 5.73 Å². The average molecular weight is 353 g/mol. The minimum absolute atomic E-state index is 0. The molecular weight excluding hydrogens is 333 g/mol. The first kappa shape index (κ1) is 15.7. The zero-order valence-corrected chi connectivity index (χ0v) is 13.3. The highest BCUT2D eigenvalue weighted by Crippen LogP contribution is 2.15. The lowest BCUT2D eigenvalue weighted by atomic mass is 10.1. The number of aryl methyl sites for hydroxylation is 1. The molecule has 16 heavy (non-hydrogen) atoms. The molecule has 0 spiro atoms. The number of guanidine groups is 1. The van der Waals surface area contributed by atoms with Gasteiger partial charge in [0.1, 0.15) is 0 Å². The fourth-order valence-electron chi connectivity index (χ4n) is 1.16. The van der Waals surface area contributed by atoms with Gasteiger partial charge in [0.15, 0.2) is 5.96 Å². The van der Waals surface area contributed by atoms with E-state index in [1.807, 2.05) is 0 Å². The van der Waals surface area contributed by atoms with Gasteiger partial charge in [-0.15, -0.1) is 35.3 Å². The number of hydrogen-bond acceptors (Lipinski definition) is 2. The lowest BCUT2D eigenvalue weighted by Crippen LogP contribution is -2.44. The van der Waals surface area contributed by atoms with Gasteiger partial charge < -0.3 is 11.1 Å². The van der Waals surface area contributed by atoms with Crippen LogP contribution in [0.2, 0.25) is 0 Å². The number of halogens is 1. The van der Waals surface area contributed by atoms with Gasteiger partial charge in [0, 0.05) is 15.3 Å². The summed E-state index contributed by atoms with van der Waals surface area (Å²) < 4.78 is 0. The average Bonchev–Trinajstić information content (AvgIpc) is 2.45. The van der Waals surface area contributed by atoms with Gasteiger partial charge in [-0.1, -0.05) is 0 Å². The molecule has 0 unspecified atom stereocenters. The van der Waals surface area contributed by atoms with E-state index < -0.39 is 0 Å². The third-order valence-corrected chi connectivity index (χ3v) is 2.69. The SMILES string of the molecule is Cc1ccc(CN=C(N)NC(C)(C)C)s1.I. The van der Waals surface area contributed by atoms with E-state index in [0.717, 1.165) is 0 Å². The van der Waals surface area contributed by atoms with Gasteiger partial charge in [0.2, 0.25) is 0 Å². The van der Waals surface area contributed by atoms with Crippen molar-refractivity contribution in [3.05, 3.63) is 21.9 Å². The lowest BCUT2D eigenvalue weighted by Gasteiger charge is -2.20. The van der Waals surface area contributed by atoms with Crippen molar-refractivity contribution in [2.75, 3.05) is 0 Å². The van der Waals surface area contributed by atoms with Gasteiger partial charge in [-0.3, -0.25) is 0 Å². The number of hydrogen-bond donors (Lipinski definition) is 2. The normalized spacial score (nSPS) is 12.1. The van der Waals surface area contributed by atoms with Crippen molar-refractivity contribution in [3.8, 4) is 0 Å². The molecule has 1 aromatic heterocycles. The molecule has 0 bridgehead atoms. The summed E-state index contributed by atoms with van der Waals surface area (Å²) in [6, 6.07) is 4.19. The lowest BCUT2D eigenvalue weighted by molar-refractivity contribution is 0.508. The molecule has 1 heterocycles. The maximum absolute atomic E-state index is 5.76. The van der Waals surface area contributed by atoms with Crippen molar-refractivity contribution in [2.45, 2.75) is 39.8 Å². The van der Waals surface area contributed by atoms with Crippen molar-refractivity contribution in [1.82, 2.24) is 5.32 Å². The molecule has 0 amide bonds. The monoisotopic (exact) mass is 353 g/mol. The van der Waals surface area contributed by atoms with Crippen LogP contribution in [0.15, 0.2) is 17.1 Å². The second-order valence-corrected chi connectivity index (χ2v) is 5.96. The Hall–Kier alpha value is -0.300. The summed E-state index contributed by atoms with van der Waals surface area (Å²) in [6.07, 6.45) is 0. The van der Waals surface area contributed by atoms with Crippen LogP contribution >= 0.6 is 35.3 Å². The second-order valence-electron chi connectivity index (χ2n) is 4.59. The summed E-state index contributed by atoms with van der Waals surface area (Å²) in [5.41, 5.74) is 5.73. The molecule has 0 aliphatic heterocycles. The molecule has 3 N–H and O–H groups in total. The van der Waals surface area contributed by atoms with Crippen molar-refractivity contribution >= 4 is 41.3 Å². The van der Waals surface area contributed by atoms with Crippen LogP contribution < -0.4 is 11.1 Å².